The highest BCUT2D eigenvalue weighted by Gasteiger charge is 2.11. The van der Waals surface area contributed by atoms with E-state index in [-0.39, 0.29) is 11.6 Å². The molecular formula is C11H12ClN5O. The van der Waals surface area contributed by atoms with Crippen LogP contribution in [0.3, 0.4) is 0 Å². The number of amides is 1. The molecular weight excluding hydrogens is 254 g/mol. The third-order valence-electron chi connectivity index (χ3n) is 2.41. The highest BCUT2D eigenvalue weighted by atomic mass is 35.5. The fourth-order valence-electron chi connectivity index (χ4n) is 1.48. The number of hydrogen-bond donors (Lipinski definition) is 3. The molecule has 0 saturated carbocycles. The maximum Gasteiger partial charge on any atom is 0.253 e. The van der Waals surface area contributed by atoms with E-state index in [1.807, 2.05) is 0 Å². The summed E-state index contributed by atoms with van der Waals surface area (Å²) in [6.45, 7) is 0.444. The lowest BCUT2D eigenvalue weighted by molar-refractivity contribution is 0.0955. The molecule has 1 aromatic carbocycles. The predicted molar refractivity (Wildman–Crippen MR) is 68.3 cm³/mol. The van der Waals surface area contributed by atoms with Crippen LogP contribution in [0.1, 0.15) is 16.2 Å². The van der Waals surface area contributed by atoms with Gasteiger partial charge in [-0.15, -0.1) is 0 Å². The number of para-hydroxylation sites is 1. The van der Waals surface area contributed by atoms with Gasteiger partial charge in [0.25, 0.3) is 5.91 Å². The third-order valence-corrected chi connectivity index (χ3v) is 2.74. The molecule has 7 heteroatoms. The summed E-state index contributed by atoms with van der Waals surface area (Å²) in [7, 11) is 0. The topological polar surface area (TPSA) is 96.7 Å². The second-order valence-electron chi connectivity index (χ2n) is 3.64. The fraction of sp³-hybridized carbons (Fsp3) is 0.182. The van der Waals surface area contributed by atoms with Gasteiger partial charge >= 0.3 is 0 Å². The molecule has 18 heavy (non-hydrogen) atoms. The minimum Gasteiger partial charge on any atom is -0.397 e. The van der Waals surface area contributed by atoms with E-state index in [4.69, 9.17) is 17.3 Å². The number of carbonyl (C=O) groups is 1. The molecule has 0 aliphatic carbocycles. The summed E-state index contributed by atoms with van der Waals surface area (Å²) in [6.07, 6.45) is 2.00. The van der Waals surface area contributed by atoms with E-state index in [0.29, 0.717) is 23.6 Å². The Morgan fingerprint density at radius 1 is 1.50 bits per heavy atom. The standard InChI is InChI=1S/C11H12ClN5O/c12-8-3-1-2-7(10(8)13)11(18)14-5-4-9-15-6-16-17-9/h1-3,6H,4-5,13H2,(H,14,18)(H,15,16,17). The molecule has 1 aromatic heterocycles. The van der Waals surface area contributed by atoms with Crippen LogP contribution in [-0.4, -0.2) is 27.6 Å². The molecule has 0 spiro atoms. The Morgan fingerprint density at radius 3 is 3.06 bits per heavy atom. The van der Waals surface area contributed by atoms with E-state index in [2.05, 4.69) is 20.5 Å². The third kappa shape index (κ3) is 2.78. The Hall–Kier alpha value is -2.08. The lowest BCUT2D eigenvalue weighted by Gasteiger charge is -2.07. The van der Waals surface area contributed by atoms with E-state index in [1.54, 1.807) is 18.2 Å². The van der Waals surface area contributed by atoms with Crippen LogP contribution in [0.5, 0.6) is 0 Å². The van der Waals surface area contributed by atoms with E-state index in [1.165, 1.54) is 6.33 Å². The summed E-state index contributed by atoms with van der Waals surface area (Å²) in [4.78, 5) is 15.8. The number of H-pyrrole nitrogens is 1. The maximum atomic E-state index is 11.9. The number of benzene rings is 1. The molecule has 1 heterocycles. The molecule has 0 bridgehead atoms. The van der Waals surface area contributed by atoms with Crippen molar-refractivity contribution in [1.82, 2.24) is 20.5 Å². The molecule has 1 amide bonds. The Balaban J connectivity index is 1.93. The summed E-state index contributed by atoms with van der Waals surface area (Å²) >= 11 is 5.84. The zero-order chi connectivity index (χ0) is 13.0. The largest absolute Gasteiger partial charge is 0.397 e. The van der Waals surface area contributed by atoms with Crippen LogP contribution in [0.15, 0.2) is 24.5 Å². The fourth-order valence-corrected chi connectivity index (χ4v) is 1.65. The number of halogens is 1. The van der Waals surface area contributed by atoms with Gasteiger partial charge in [-0.05, 0) is 12.1 Å². The van der Waals surface area contributed by atoms with Crippen molar-refractivity contribution in [2.24, 2.45) is 0 Å². The minimum atomic E-state index is -0.255. The Bertz CT molecular complexity index is 540. The van der Waals surface area contributed by atoms with Gasteiger partial charge in [0.2, 0.25) is 0 Å². The summed E-state index contributed by atoms with van der Waals surface area (Å²) in [5.74, 6) is 0.462. The van der Waals surface area contributed by atoms with Crippen molar-refractivity contribution in [3.63, 3.8) is 0 Å². The molecule has 2 rings (SSSR count). The van der Waals surface area contributed by atoms with Crippen molar-refractivity contribution < 1.29 is 4.79 Å². The summed E-state index contributed by atoms with van der Waals surface area (Å²) in [5.41, 5.74) is 6.39. The molecule has 4 N–H and O–H groups in total. The van der Waals surface area contributed by atoms with Gasteiger partial charge in [0, 0.05) is 13.0 Å². The van der Waals surface area contributed by atoms with Crippen molar-refractivity contribution in [1.29, 1.82) is 0 Å². The summed E-state index contributed by atoms with van der Waals surface area (Å²) in [6, 6.07) is 4.96. The van der Waals surface area contributed by atoms with E-state index in [9.17, 15) is 4.79 Å². The van der Waals surface area contributed by atoms with Crippen LogP contribution >= 0.6 is 11.6 Å². The van der Waals surface area contributed by atoms with Crippen molar-refractivity contribution >= 4 is 23.2 Å². The van der Waals surface area contributed by atoms with E-state index >= 15 is 0 Å². The van der Waals surface area contributed by atoms with E-state index in [0.717, 1.165) is 5.82 Å². The normalized spacial score (nSPS) is 10.3. The number of aromatic amines is 1. The molecule has 0 saturated heterocycles. The van der Waals surface area contributed by atoms with E-state index < -0.39 is 0 Å². The Kier molecular flexibility index (Phi) is 3.78. The number of anilines is 1. The first kappa shape index (κ1) is 12.4. The highest BCUT2D eigenvalue weighted by Crippen LogP contribution is 2.21. The van der Waals surface area contributed by atoms with Crippen LogP contribution in [0, 0.1) is 0 Å². The summed E-state index contributed by atoms with van der Waals surface area (Å²) < 4.78 is 0. The molecule has 0 unspecified atom stereocenters. The van der Waals surface area contributed by atoms with Gasteiger partial charge in [-0.2, -0.15) is 5.10 Å². The van der Waals surface area contributed by atoms with Crippen LogP contribution in [0.25, 0.3) is 0 Å². The lowest BCUT2D eigenvalue weighted by Crippen LogP contribution is -2.26. The molecule has 2 aromatic rings. The van der Waals surface area contributed by atoms with Crippen LogP contribution < -0.4 is 11.1 Å². The van der Waals surface area contributed by atoms with Crippen LogP contribution in [0.4, 0.5) is 5.69 Å². The average Bonchev–Trinajstić information content (AvgIpc) is 2.85. The molecule has 6 nitrogen and oxygen atoms in total. The van der Waals surface area contributed by atoms with Crippen molar-refractivity contribution in [2.45, 2.75) is 6.42 Å². The van der Waals surface area contributed by atoms with Gasteiger partial charge < -0.3 is 11.1 Å². The van der Waals surface area contributed by atoms with Gasteiger partial charge in [-0.1, -0.05) is 17.7 Å². The number of nitrogens with zero attached hydrogens (tertiary/aromatic N) is 2. The predicted octanol–water partition coefficient (Wildman–Crippen LogP) is 1.01. The average molecular weight is 266 g/mol. The quantitative estimate of drug-likeness (QED) is 0.719. The monoisotopic (exact) mass is 265 g/mol. The number of nitrogens with one attached hydrogen (secondary N) is 2. The van der Waals surface area contributed by atoms with Crippen molar-refractivity contribution in [3.05, 3.63) is 40.9 Å². The zero-order valence-corrected chi connectivity index (χ0v) is 10.2. The van der Waals surface area contributed by atoms with Gasteiger partial charge in [0.15, 0.2) is 0 Å². The number of nitrogen functional groups attached to an aromatic ring is 1. The molecule has 0 atom stereocenters. The maximum absolute atomic E-state index is 11.9. The number of hydrogen-bond acceptors (Lipinski definition) is 4. The molecule has 94 valence electrons. The molecule has 0 aliphatic heterocycles. The SMILES string of the molecule is Nc1c(Cl)cccc1C(=O)NCCc1ncn[nH]1. The van der Waals surface area contributed by atoms with Gasteiger partial charge in [0.1, 0.15) is 12.2 Å². The highest BCUT2D eigenvalue weighted by molar-refractivity contribution is 6.33. The number of nitrogens with two attached hydrogens (primary N) is 1. The van der Waals surface area contributed by atoms with Gasteiger partial charge in [-0.3, -0.25) is 9.89 Å². The minimum absolute atomic E-state index is 0.255. The number of carbonyl (C=O) groups excluding carboxylic acids is 1. The molecule has 0 aliphatic rings. The van der Waals surface area contributed by atoms with Gasteiger partial charge in [0.05, 0.1) is 16.3 Å². The smallest absolute Gasteiger partial charge is 0.253 e. The van der Waals surface area contributed by atoms with Crippen LogP contribution in [-0.2, 0) is 6.42 Å². The van der Waals surface area contributed by atoms with Crippen molar-refractivity contribution in [3.8, 4) is 0 Å². The second-order valence-corrected chi connectivity index (χ2v) is 4.05. The Labute approximate surface area is 109 Å². The number of rotatable bonds is 4. The first-order valence-corrected chi connectivity index (χ1v) is 5.72. The number of aromatic nitrogens is 3. The second kappa shape index (κ2) is 5.50. The molecule has 0 fully saturated rings. The lowest BCUT2D eigenvalue weighted by atomic mass is 10.1. The van der Waals surface area contributed by atoms with Gasteiger partial charge in [-0.25, -0.2) is 4.98 Å². The summed E-state index contributed by atoms with van der Waals surface area (Å²) in [5, 5.41) is 9.54. The van der Waals surface area contributed by atoms with Crippen LogP contribution in [0.2, 0.25) is 5.02 Å². The zero-order valence-electron chi connectivity index (χ0n) is 9.48. The first-order valence-electron chi connectivity index (χ1n) is 5.35. The first-order chi connectivity index (χ1) is 8.68. The Morgan fingerprint density at radius 2 is 2.33 bits per heavy atom. The molecule has 0 radical (unpaired) electrons. The van der Waals surface area contributed by atoms with Crippen molar-refractivity contribution in [2.75, 3.05) is 12.3 Å².